The fraction of sp³-hybridized carbons (Fsp3) is 0.286. The average molecular weight is 414 g/mol. The number of halogens is 2. The van der Waals surface area contributed by atoms with Crippen LogP contribution < -0.4 is 10.1 Å². The lowest BCUT2D eigenvalue weighted by atomic mass is 10.1. The monoisotopic (exact) mass is 414 g/mol. The van der Waals surface area contributed by atoms with Crippen molar-refractivity contribution < 1.29 is 13.5 Å². The summed E-state index contributed by atoms with van der Waals surface area (Å²) in [6, 6.07) is 14.6. The van der Waals surface area contributed by atoms with Crippen molar-refractivity contribution in [3.8, 4) is 17.1 Å². The number of nitrogens with one attached hydrogen (secondary N) is 2. The SMILES string of the molecule is CCNC(=NCc1cccc(-c2ncn[nH]2)c1)N(C)Cc1ccc(OC(F)F)cc1. The zero-order chi connectivity index (χ0) is 21.3. The first-order chi connectivity index (χ1) is 14.5. The van der Waals surface area contributed by atoms with Gasteiger partial charge < -0.3 is 15.0 Å². The molecule has 2 N–H and O–H groups in total. The Balaban J connectivity index is 1.67. The smallest absolute Gasteiger partial charge is 0.387 e. The molecule has 0 aliphatic heterocycles. The molecule has 0 radical (unpaired) electrons. The van der Waals surface area contributed by atoms with Gasteiger partial charge in [-0.1, -0.05) is 30.3 Å². The Labute approximate surface area is 173 Å². The number of nitrogens with zero attached hydrogens (tertiary/aromatic N) is 4. The van der Waals surface area contributed by atoms with E-state index in [2.05, 4.69) is 25.2 Å². The highest BCUT2D eigenvalue weighted by molar-refractivity contribution is 5.79. The molecule has 0 amide bonds. The van der Waals surface area contributed by atoms with Gasteiger partial charge in [0.2, 0.25) is 0 Å². The first kappa shape index (κ1) is 21.2. The molecule has 0 saturated carbocycles. The molecular formula is C21H24F2N6O. The third-order valence-corrected chi connectivity index (χ3v) is 4.29. The summed E-state index contributed by atoms with van der Waals surface area (Å²) in [5.41, 5.74) is 2.95. The zero-order valence-corrected chi connectivity index (χ0v) is 16.8. The second kappa shape index (κ2) is 10.3. The minimum absolute atomic E-state index is 0.142. The van der Waals surface area contributed by atoms with E-state index >= 15 is 0 Å². The normalized spacial score (nSPS) is 11.6. The maximum absolute atomic E-state index is 12.3. The van der Waals surface area contributed by atoms with Crippen molar-refractivity contribution in [2.45, 2.75) is 26.6 Å². The van der Waals surface area contributed by atoms with Crippen LogP contribution in [0.2, 0.25) is 0 Å². The van der Waals surface area contributed by atoms with Gasteiger partial charge in [-0.05, 0) is 36.2 Å². The van der Waals surface area contributed by atoms with Gasteiger partial charge in [0, 0.05) is 25.7 Å². The quantitative estimate of drug-likeness (QED) is 0.434. The van der Waals surface area contributed by atoms with E-state index in [1.54, 1.807) is 12.1 Å². The number of ether oxygens (including phenoxy) is 1. The summed E-state index contributed by atoms with van der Waals surface area (Å²) in [6.45, 7) is 0.968. The summed E-state index contributed by atoms with van der Waals surface area (Å²) in [4.78, 5) is 10.9. The van der Waals surface area contributed by atoms with Crippen LogP contribution in [0.15, 0.2) is 59.9 Å². The fourth-order valence-electron chi connectivity index (χ4n) is 2.92. The van der Waals surface area contributed by atoms with Gasteiger partial charge in [-0.2, -0.15) is 13.9 Å². The first-order valence-corrected chi connectivity index (χ1v) is 9.53. The van der Waals surface area contributed by atoms with Crippen molar-refractivity contribution in [1.29, 1.82) is 0 Å². The number of aromatic nitrogens is 3. The number of H-pyrrole nitrogens is 1. The predicted octanol–water partition coefficient (Wildman–Crippen LogP) is 3.67. The molecule has 30 heavy (non-hydrogen) atoms. The summed E-state index contributed by atoms with van der Waals surface area (Å²) in [5.74, 6) is 1.60. The van der Waals surface area contributed by atoms with Gasteiger partial charge in [0.15, 0.2) is 11.8 Å². The Kier molecular flexibility index (Phi) is 7.31. The Morgan fingerprint density at radius 2 is 2.00 bits per heavy atom. The van der Waals surface area contributed by atoms with E-state index < -0.39 is 6.61 Å². The van der Waals surface area contributed by atoms with Crippen molar-refractivity contribution in [3.63, 3.8) is 0 Å². The Hall–Kier alpha value is -3.49. The van der Waals surface area contributed by atoms with E-state index in [0.717, 1.165) is 29.2 Å². The lowest BCUT2D eigenvalue weighted by molar-refractivity contribution is -0.0498. The van der Waals surface area contributed by atoms with Crippen LogP contribution in [0.3, 0.4) is 0 Å². The maximum atomic E-state index is 12.3. The summed E-state index contributed by atoms with van der Waals surface area (Å²) < 4.78 is 29.0. The highest BCUT2D eigenvalue weighted by atomic mass is 19.3. The van der Waals surface area contributed by atoms with E-state index in [0.29, 0.717) is 18.9 Å². The van der Waals surface area contributed by atoms with Crippen LogP contribution in [0.1, 0.15) is 18.1 Å². The second-order valence-corrected chi connectivity index (χ2v) is 6.58. The van der Waals surface area contributed by atoms with E-state index in [1.165, 1.54) is 18.5 Å². The number of hydrogen-bond donors (Lipinski definition) is 2. The van der Waals surface area contributed by atoms with Crippen molar-refractivity contribution in [1.82, 2.24) is 25.4 Å². The largest absolute Gasteiger partial charge is 0.435 e. The Morgan fingerprint density at radius 1 is 1.20 bits per heavy atom. The molecule has 0 aliphatic carbocycles. The molecule has 0 aliphatic rings. The van der Waals surface area contributed by atoms with E-state index in [1.807, 2.05) is 43.1 Å². The van der Waals surface area contributed by atoms with E-state index in [9.17, 15) is 8.78 Å². The van der Waals surface area contributed by atoms with Gasteiger partial charge >= 0.3 is 6.61 Å². The molecule has 7 nitrogen and oxygen atoms in total. The molecule has 0 atom stereocenters. The molecule has 0 spiro atoms. The number of alkyl halides is 2. The molecule has 3 aromatic rings. The van der Waals surface area contributed by atoms with Crippen LogP contribution in [0, 0.1) is 0 Å². The van der Waals surface area contributed by atoms with Gasteiger partial charge in [0.25, 0.3) is 0 Å². The minimum atomic E-state index is -2.83. The lowest BCUT2D eigenvalue weighted by Crippen LogP contribution is -2.38. The van der Waals surface area contributed by atoms with Crippen LogP contribution in [0.5, 0.6) is 5.75 Å². The van der Waals surface area contributed by atoms with Gasteiger partial charge in [-0.15, -0.1) is 0 Å². The molecular weight excluding hydrogens is 390 g/mol. The van der Waals surface area contributed by atoms with Gasteiger partial charge in [0.1, 0.15) is 12.1 Å². The highest BCUT2D eigenvalue weighted by Crippen LogP contribution is 2.17. The van der Waals surface area contributed by atoms with Gasteiger partial charge in [0.05, 0.1) is 6.54 Å². The van der Waals surface area contributed by atoms with Crippen LogP contribution in [-0.4, -0.2) is 46.2 Å². The van der Waals surface area contributed by atoms with E-state index in [4.69, 9.17) is 4.99 Å². The minimum Gasteiger partial charge on any atom is -0.435 e. The lowest BCUT2D eigenvalue weighted by Gasteiger charge is -2.22. The van der Waals surface area contributed by atoms with Crippen molar-refractivity contribution in [2.75, 3.05) is 13.6 Å². The third kappa shape index (κ3) is 6.00. The predicted molar refractivity (Wildman–Crippen MR) is 111 cm³/mol. The summed E-state index contributed by atoms with van der Waals surface area (Å²) >= 11 is 0. The first-order valence-electron chi connectivity index (χ1n) is 9.53. The highest BCUT2D eigenvalue weighted by Gasteiger charge is 2.09. The molecule has 158 valence electrons. The van der Waals surface area contributed by atoms with Crippen LogP contribution in [0.25, 0.3) is 11.4 Å². The molecule has 0 saturated heterocycles. The van der Waals surface area contributed by atoms with Crippen molar-refractivity contribution >= 4 is 5.96 Å². The Bertz CT molecular complexity index is 944. The molecule has 0 fully saturated rings. The summed E-state index contributed by atoms with van der Waals surface area (Å²) in [7, 11) is 1.93. The number of benzene rings is 2. The van der Waals surface area contributed by atoms with Gasteiger partial charge in [-0.3, -0.25) is 5.10 Å². The number of aromatic amines is 1. The molecule has 0 bridgehead atoms. The maximum Gasteiger partial charge on any atom is 0.387 e. The fourth-order valence-corrected chi connectivity index (χ4v) is 2.92. The average Bonchev–Trinajstić information content (AvgIpc) is 3.27. The molecule has 1 aromatic heterocycles. The topological polar surface area (TPSA) is 78.4 Å². The molecule has 0 unspecified atom stereocenters. The molecule has 9 heteroatoms. The van der Waals surface area contributed by atoms with Crippen LogP contribution in [0.4, 0.5) is 8.78 Å². The van der Waals surface area contributed by atoms with E-state index in [-0.39, 0.29) is 5.75 Å². The number of guanidine groups is 1. The number of aliphatic imine (C=N–C) groups is 1. The third-order valence-electron chi connectivity index (χ3n) is 4.29. The second-order valence-electron chi connectivity index (χ2n) is 6.58. The number of rotatable bonds is 8. The molecule has 2 aromatic carbocycles. The zero-order valence-electron chi connectivity index (χ0n) is 16.8. The van der Waals surface area contributed by atoms with Crippen molar-refractivity contribution in [3.05, 3.63) is 66.0 Å². The molecule has 1 heterocycles. The van der Waals surface area contributed by atoms with Gasteiger partial charge in [-0.25, -0.2) is 9.98 Å². The summed E-state index contributed by atoms with van der Waals surface area (Å²) in [5, 5.41) is 10.0. The van der Waals surface area contributed by atoms with Crippen molar-refractivity contribution in [2.24, 2.45) is 4.99 Å². The summed E-state index contributed by atoms with van der Waals surface area (Å²) in [6.07, 6.45) is 1.48. The molecule has 3 rings (SSSR count). The van der Waals surface area contributed by atoms with Crippen LogP contribution in [-0.2, 0) is 13.1 Å². The number of hydrogen-bond acceptors (Lipinski definition) is 4. The van der Waals surface area contributed by atoms with Crippen LogP contribution >= 0.6 is 0 Å². The Morgan fingerprint density at radius 3 is 2.67 bits per heavy atom. The standard InChI is InChI=1S/C21H24F2N6O/c1-3-24-21(29(2)13-15-7-9-18(10-8-15)30-20(22)23)25-12-16-5-4-6-17(11-16)19-26-14-27-28-19/h4-11,14,20H,3,12-13H2,1-2H3,(H,24,25)(H,26,27,28).